The number of hydrogen-bond donors (Lipinski definition) is 1. The van der Waals surface area contributed by atoms with Crippen LogP contribution in [0, 0.1) is 5.92 Å². The lowest BCUT2D eigenvalue weighted by Gasteiger charge is -2.43. The van der Waals surface area contributed by atoms with Gasteiger partial charge in [0.25, 0.3) is 5.91 Å². The van der Waals surface area contributed by atoms with Gasteiger partial charge in [-0.15, -0.1) is 0 Å². The molecule has 2 amide bonds. The molecule has 0 spiro atoms. The number of carbonyl (C=O) groups excluding carboxylic acids is 2. The first-order valence-corrected chi connectivity index (χ1v) is 18.9. The van der Waals surface area contributed by atoms with Crippen molar-refractivity contribution >= 4 is 32.9 Å². The number of hydrogen-bond acceptors (Lipinski definition) is 6. The van der Waals surface area contributed by atoms with Gasteiger partial charge in [-0.2, -0.15) is 21.5 Å². The number of nitrogens with zero attached hydrogens (tertiary/aromatic N) is 4. The molecule has 10 nitrogen and oxygen atoms in total. The fraction of sp³-hybridized carbons (Fsp3) is 0.556. The van der Waals surface area contributed by atoms with Crippen molar-refractivity contribution in [3.05, 3.63) is 70.0 Å². The fourth-order valence-electron chi connectivity index (χ4n) is 9.48. The molecule has 3 fully saturated rings. The molecular formula is C36H43F2N5O5S. The lowest BCUT2D eigenvalue weighted by molar-refractivity contribution is -0.171. The predicted molar refractivity (Wildman–Crippen MR) is 180 cm³/mol. The SMILES string of the molecule is CN1CC2CCC(C1)N2C(=O)[C@@H]1CC=CC2=C3C(C(=O)NS(=O)(=O)N(C)C)=C3C(OC(F)F)n3c(cc4cccc(C5CCCCC5)c43)C21. The van der Waals surface area contributed by atoms with Crippen molar-refractivity contribution in [1.82, 2.24) is 23.4 Å². The van der Waals surface area contributed by atoms with Crippen LogP contribution in [-0.2, 0) is 24.5 Å². The molecule has 2 bridgehead atoms. The molecule has 8 rings (SSSR count). The summed E-state index contributed by atoms with van der Waals surface area (Å²) in [7, 11) is 0.505. The molecule has 1 saturated carbocycles. The zero-order valence-electron chi connectivity index (χ0n) is 28.1. The lowest BCUT2D eigenvalue weighted by atomic mass is 9.75. The number of aromatic nitrogens is 1. The molecule has 262 valence electrons. The Morgan fingerprint density at radius 2 is 1.76 bits per heavy atom. The van der Waals surface area contributed by atoms with Crippen molar-refractivity contribution in [1.29, 1.82) is 0 Å². The van der Waals surface area contributed by atoms with Crippen LogP contribution >= 0.6 is 0 Å². The summed E-state index contributed by atoms with van der Waals surface area (Å²) < 4.78 is 64.8. The Balaban J connectivity index is 1.34. The summed E-state index contributed by atoms with van der Waals surface area (Å²) in [5, 5.41) is 0.867. The third kappa shape index (κ3) is 5.39. The number of allylic oxidation sites excluding steroid dienone is 3. The highest BCUT2D eigenvalue weighted by Gasteiger charge is 2.54. The highest BCUT2D eigenvalue weighted by molar-refractivity contribution is 7.87. The van der Waals surface area contributed by atoms with Gasteiger partial charge in [-0.05, 0) is 62.3 Å². The van der Waals surface area contributed by atoms with Crippen LogP contribution in [-0.4, -0.2) is 91.8 Å². The maximum absolute atomic E-state index is 14.8. The van der Waals surface area contributed by atoms with Gasteiger partial charge in [0.1, 0.15) is 0 Å². The Bertz CT molecular complexity index is 1910. The molecule has 4 heterocycles. The molecule has 4 unspecified atom stereocenters. The Morgan fingerprint density at radius 1 is 1.04 bits per heavy atom. The van der Waals surface area contributed by atoms with E-state index in [2.05, 4.69) is 27.6 Å². The van der Waals surface area contributed by atoms with E-state index >= 15 is 0 Å². The van der Waals surface area contributed by atoms with E-state index in [0.717, 1.165) is 78.8 Å². The van der Waals surface area contributed by atoms with Gasteiger partial charge >= 0.3 is 16.8 Å². The molecule has 2 aromatic rings. The van der Waals surface area contributed by atoms with Gasteiger partial charge in [0, 0.05) is 67.4 Å². The highest BCUT2D eigenvalue weighted by atomic mass is 32.2. The smallest absolute Gasteiger partial charge is 0.334 e. The zero-order chi connectivity index (χ0) is 34.4. The second-order valence-electron chi connectivity index (χ2n) is 14.7. The number of carbonyl (C=O) groups is 2. The van der Waals surface area contributed by atoms with Crippen LogP contribution in [0.3, 0.4) is 0 Å². The van der Waals surface area contributed by atoms with Gasteiger partial charge in [-0.3, -0.25) is 14.3 Å². The van der Waals surface area contributed by atoms with Gasteiger partial charge in [0.05, 0.1) is 17.0 Å². The number of piperazine rings is 1. The number of halogens is 2. The maximum atomic E-state index is 14.8. The van der Waals surface area contributed by atoms with Gasteiger partial charge < -0.3 is 14.4 Å². The van der Waals surface area contributed by atoms with Crippen molar-refractivity contribution in [2.75, 3.05) is 34.2 Å². The second kappa shape index (κ2) is 12.1. The van der Waals surface area contributed by atoms with E-state index in [0.29, 0.717) is 23.3 Å². The first kappa shape index (κ1) is 32.8. The Kier molecular flexibility index (Phi) is 8.12. The molecular weight excluding hydrogens is 652 g/mol. The van der Waals surface area contributed by atoms with Crippen LogP contribution in [0.5, 0.6) is 0 Å². The summed E-state index contributed by atoms with van der Waals surface area (Å²) in [6.07, 6.45) is 10.0. The number of para-hydroxylation sites is 1. The number of fused-ring (bicyclic) bond motifs is 8. The number of alkyl halides is 2. The molecule has 1 aromatic heterocycles. The van der Waals surface area contributed by atoms with E-state index in [4.69, 9.17) is 4.74 Å². The topological polar surface area (TPSA) is 104 Å². The van der Waals surface area contributed by atoms with Gasteiger partial charge in [-0.25, -0.2) is 4.72 Å². The number of likely N-dealkylation sites (N-methyl/N-ethyl adjacent to an activating group) is 1. The van der Waals surface area contributed by atoms with Crippen molar-refractivity contribution in [2.24, 2.45) is 5.92 Å². The molecule has 49 heavy (non-hydrogen) atoms. The molecule has 3 aliphatic carbocycles. The normalized spacial score (nSPS) is 28.6. The van der Waals surface area contributed by atoms with Crippen LogP contribution in [0.4, 0.5) is 8.78 Å². The van der Waals surface area contributed by atoms with E-state index in [-0.39, 0.29) is 35.1 Å². The van der Waals surface area contributed by atoms with Crippen molar-refractivity contribution < 1.29 is 31.5 Å². The van der Waals surface area contributed by atoms with Gasteiger partial charge in [-0.1, -0.05) is 49.6 Å². The third-order valence-electron chi connectivity index (χ3n) is 11.6. The lowest BCUT2D eigenvalue weighted by Crippen LogP contribution is -2.56. The summed E-state index contributed by atoms with van der Waals surface area (Å²) in [5.41, 5.74) is 3.86. The molecule has 1 N–H and O–H groups in total. The first-order chi connectivity index (χ1) is 23.5. The second-order valence-corrected chi connectivity index (χ2v) is 16.6. The number of rotatable bonds is 7. The molecule has 6 aliphatic rings. The molecule has 1 aromatic carbocycles. The predicted octanol–water partition coefficient (Wildman–Crippen LogP) is 4.93. The molecule has 0 radical (unpaired) electrons. The summed E-state index contributed by atoms with van der Waals surface area (Å²) in [6, 6.07) is 8.28. The molecule has 13 heteroatoms. The van der Waals surface area contributed by atoms with Crippen molar-refractivity contribution in [2.45, 2.75) is 88.1 Å². The standard InChI is InChI=1S/C36H43F2N5O5S/c1-40(2)49(46,47)39-33(44)30-29-25-13-8-14-26(34(45)42-22-15-16-23(42)19-41(3)18-22)28(25)27-17-21-11-7-12-24(20-9-5-4-6-10-20)32(21)43(27)35(31(29)30)48-36(37)38/h7-8,11-13,17,20,22-23,26,28,35-36H,4-6,9-10,14-16,18-19H2,1-3H3,(H,39,44)/t22?,23?,26-,28?,35?/m1/s1. The number of amides is 2. The summed E-state index contributed by atoms with van der Waals surface area (Å²) in [6.45, 7) is -1.58. The minimum atomic E-state index is -4.18. The van der Waals surface area contributed by atoms with Crippen molar-refractivity contribution in [3.63, 3.8) is 0 Å². The Morgan fingerprint density at radius 3 is 2.43 bits per heavy atom. The van der Waals surface area contributed by atoms with Crippen LogP contribution in [0.2, 0.25) is 0 Å². The number of ether oxygens (including phenoxy) is 1. The van der Waals surface area contributed by atoms with E-state index in [9.17, 15) is 26.8 Å². The van der Waals surface area contributed by atoms with Crippen LogP contribution in [0.15, 0.2) is 58.7 Å². The average molecular weight is 696 g/mol. The summed E-state index contributed by atoms with van der Waals surface area (Å²) >= 11 is 0. The van der Waals surface area contributed by atoms with Crippen molar-refractivity contribution in [3.8, 4) is 0 Å². The van der Waals surface area contributed by atoms with E-state index in [1.54, 1.807) is 0 Å². The Hall–Kier alpha value is -3.39. The van der Waals surface area contributed by atoms with Gasteiger partial charge in [0.15, 0.2) is 6.23 Å². The quantitative estimate of drug-likeness (QED) is 0.441. The van der Waals surface area contributed by atoms with E-state index < -0.39 is 40.8 Å². The van der Waals surface area contributed by atoms with Crippen LogP contribution in [0.1, 0.15) is 80.7 Å². The van der Waals surface area contributed by atoms with Crippen LogP contribution in [0.25, 0.3) is 10.9 Å². The monoisotopic (exact) mass is 695 g/mol. The van der Waals surface area contributed by atoms with E-state index in [1.165, 1.54) is 14.1 Å². The molecule has 5 atom stereocenters. The third-order valence-corrected chi connectivity index (χ3v) is 13.0. The molecule has 3 aliphatic heterocycles. The number of nitrogens with one attached hydrogen (secondary N) is 1. The fourth-order valence-corrected chi connectivity index (χ4v) is 10.00. The number of likely N-dealkylation sites (tertiary alicyclic amines) is 1. The Labute approximate surface area is 285 Å². The van der Waals surface area contributed by atoms with Crippen LogP contribution < -0.4 is 4.72 Å². The maximum Gasteiger partial charge on any atom is 0.347 e. The van der Waals surface area contributed by atoms with E-state index in [1.807, 2.05) is 34.9 Å². The summed E-state index contributed by atoms with van der Waals surface area (Å²) in [4.78, 5) is 32.9. The van der Waals surface area contributed by atoms with Gasteiger partial charge in [0.2, 0.25) is 5.91 Å². The first-order valence-electron chi connectivity index (χ1n) is 17.4. The average Bonchev–Trinajstić information content (AvgIpc) is 3.62. The summed E-state index contributed by atoms with van der Waals surface area (Å²) in [5.74, 6) is -1.74. The minimum absolute atomic E-state index is 0.0242. The highest BCUT2D eigenvalue weighted by Crippen LogP contribution is 2.59. The minimum Gasteiger partial charge on any atom is -0.334 e. The largest absolute Gasteiger partial charge is 0.347 e. The number of benzene rings is 1. The zero-order valence-corrected chi connectivity index (χ0v) is 28.9. The molecule has 2 saturated heterocycles.